The number of hydrogen-bond acceptors (Lipinski definition) is 1. The van der Waals surface area contributed by atoms with Crippen LogP contribution < -0.4 is 0 Å². The lowest BCUT2D eigenvalue weighted by Gasteiger charge is -2.06. The monoisotopic (exact) mass is 262 g/mol. The van der Waals surface area contributed by atoms with Crippen molar-refractivity contribution in [1.29, 1.82) is 0 Å². The molecule has 1 atom stereocenters. The van der Waals surface area contributed by atoms with E-state index < -0.39 is 0 Å². The summed E-state index contributed by atoms with van der Waals surface area (Å²) in [5.74, 6) is 1.23. The van der Waals surface area contributed by atoms with Crippen LogP contribution in [0.5, 0.6) is 0 Å². The van der Waals surface area contributed by atoms with Gasteiger partial charge in [-0.15, -0.1) is 0 Å². The second kappa shape index (κ2) is 2.77. The molecule has 1 fully saturated rings. The predicted molar refractivity (Wildman–Crippen MR) is 52.9 cm³/mol. The minimum absolute atomic E-state index is 0.531. The molecule has 0 bridgehead atoms. The molecule has 0 unspecified atom stereocenters. The summed E-state index contributed by atoms with van der Waals surface area (Å²) in [5, 5.41) is 0. The van der Waals surface area contributed by atoms with Crippen molar-refractivity contribution < 1.29 is 0 Å². The lowest BCUT2D eigenvalue weighted by Crippen LogP contribution is -2.00. The Morgan fingerprint density at radius 1 is 1.73 bits per heavy atom. The lowest BCUT2D eigenvalue weighted by molar-refractivity contribution is 0.689. The Balaban J connectivity index is 2.30. The zero-order valence-electron chi connectivity index (χ0n) is 6.50. The third kappa shape index (κ3) is 1.43. The summed E-state index contributed by atoms with van der Waals surface area (Å²) in [5.41, 5.74) is 0. The van der Waals surface area contributed by atoms with Gasteiger partial charge in [0, 0.05) is 18.4 Å². The van der Waals surface area contributed by atoms with Crippen molar-refractivity contribution in [2.75, 3.05) is 0 Å². The molecule has 1 aromatic heterocycles. The average Bonchev–Trinajstić information content (AvgIpc) is 2.68. The Hall–Kier alpha value is -0.0600. The molecule has 1 saturated carbocycles. The van der Waals surface area contributed by atoms with E-state index in [2.05, 4.69) is 45.3 Å². The molecule has 2 rings (SSSR count). The third-order valence-electron chi connectivity index (χ3n) is 1.99. The fourth-order valence-electron chi connectivity index (χ4n) is 1.29. The summed E-state index contributed by atoms with van der Waals surface area (Å²) in [6, 6.07) is 0.768. The average molecular weight is 262 g/mol. The van der Waals surface area contributed by atoms with Gasteiger partial charge >= 0.3 is 0 Å². The lowest BCUT2D eigenvalue weighted by atomic mass is 10.4. The molecule has 2 nitrogen and oxygen atoms in total. The Bertz CT molecular complexity index is 234. The quantitative estimate of drug-likeness (QED) is 0.592. The van der Waals surface area contributed by atoms with Gasteiger partial charge in [-0.1, -0.05) is 22.6 Å². The predicted octanol–water partition coefficient (Wildman–Crippen LogP) is 2.71. The van der Waals surface area contributed by atoms with Crippen molar-refractivity contribution in [1.82, 2.24) is 9.55 Å². The molecule has 60 valence electrons. The molecule has 1 aliphatic rings. The van der Waals surface area contributed by atoms with E-state index in [0.717, 1.165) is 6.04 Å². The molecular weight excluding hydrogens is 251 g/mol. The number of aromatic nitrogens is 2. The smallest absolute Gasteiger partial charge is 0.121 e. The van der Waals surface area contributed by atoms with Crippen LogP contribution in [0.4, 0.5) is 0 Å². The molecule has 11 heavy (non-hydrogen) atoms. The van der Waals surface area contributed by atoms with Crippen LogP contribution in [-0.2, 0) is 0 Å². The van der Waals surface area contributed by atoms with Gasteiger partial charge in [0.1, 0.15) is 5.82 Å². The van der Waals surface area contributed by atoms with Gasteiger partial charge in [0.25, 0.3) is 0 Å². The first-order valence-corrected chi connectivity index (χ1v) is 5.20. The minimum atomic E-state index is 0.531. The summed E-state index contributed by atoms with van der Waals surface area (Å²) in [4.78, 5) is 4.33. The van der Waals surface area contributed by atoms with Crippen LogP contribution in [0, 0.1) is 0 Å². The summed E-state index contributed by atoms with van der Waals surface area (Å²) in [6.45, 7) is 2.18. The summed E-state index contributed by atoms with van der Waals surface area (Å²) >= 11 is 2.41. The summed E-state index contributed by atoms with van der Waals surface area (Å²) in [6.07, 6.45) is 6.68. The molecule has 0 radical (unpaired) electrons. The van der Waals surface area contributed by atoms with E-state index in [1.807, 2.05) is 6.20 Å². The Kier molecular flexibility index (Phi) is 1.91. The zero-order chi connectivity index (χ0) is 7.84. The Morgan fingerprint density at radius 3 is 3.00 bits per heavy atom. The van der Waals surface area contributed by atoms with Crippen molar-refractivity contribution in [3.8, 4) is 0 Å². The number of alkyl halides is 1. The van der Waals surface area contributed by atoms with Gasteiger partial charge in [-0.25, -0.2) is 4.98 Å². The van der Waals surface area contributed by atoms with Crippen LogP contribution in [0.15, 0.2) is 12.4 Å². The van der Waals surface area contributed by atoms with E-state index in [9.17, 15) is 0 Å². The van der Waals surface area contributed by atoms with Gasteiger partial charge in [-0.05, 0) is 19.8 Å². The van der Waals surface area contributed by atoms with Crippen molar-refractivity contribution >= 4 is 22.6 Å². The zero-order valence-corrected chi connectivity index (χ0v) is 8.65. The highest BCUT2D eigenvalue weighted by atomic mass is 127. The fraction of sp³-hybridized carbons (Fsp3) is 0.625. The first-order valence-electron chi connectivity index (χ1n) is 3.96. The molecular formula is C8H11IN2. The first kappa shape index (κ1) is 7.58. The molecule has 0 spiro atoms. The van der Waals surface area contributed by atoms with Crippen molar-refractivity contribution in [3.63, 3.8) is 0 Å². The van der Waals surface area contributed by atoms with Gasteiger partial charge in [-0.3, -0.25) is 0 Å². The van der Waals surface area contributed by atoms with Crippen LogP contribution in [0.2, 0.25) is 0 Å². The molecule has 0 N–H and O–H groups in total. The SMILES string of the molecule is C[C@@H](I)c1nccn1C1CC1. The first-order chi connectivity index (χ1) is 5.29. The van der Waals surface area contributed by atoms with Crippen molar-refractivity contribution in [2.45, 2.75) is 29.7 Å². The van der Waals surface area contributed by atoms with E-state index in [4.69, 9.17) is 0 Å². The van der Waals surface area contributed by atoms with E-state index in [1.165, 1.54) is 18.7 Å². The topological polar surface area (TPSA) is 17.8 Å². The van der Waals surface area contributed by atoms with E-state index >= 15 is 0 Å². The molecule has 0 aliphatic heterocycles. The molecule has 1 aliphatic carbocycles. The molecule has 3 heteroatoms. The normalized spacial score (nSPS) is 20.2. The summed E-state index contributed by atoms with van der Waals surface area (Å²) < 4.78 is 2.85. The van der Waals surface area contributed by atoms with Crippen LogP contribution in [0.25, 0.3) is 0 Å². The van der Waals surface area contributed by atoms with E-state index in [0.29, 0.717) is 3.92 Å². The second-order valence-corrected chi connectivity index (χ2v) is 4.91. The molecule has 0 aromatic carbocycles. The molecule has 1 heterocycles. The van der Waals surface area contributed by atoms with Gasteiger partial charge in [0.15, 0.2) is 0 Å². The maximum Gasteiger partial charge on any atom is 0.121 e. The molecule has 0 saturated heterocycles. The van der Waals surface area contributed by atoms with Gasteiger partial charge in [0.05, 0.1) is 3.92 Å². The van der Waals surface area contributed by atoms with Crippen LogP contribution in [0.3, 0.4) is 0 Å². The number of hydrogen-bond donors (Lipinski definition) is 0. The number of halogens is 1. The van der Waals surface area contributed by atoms with Crippen molar-refractivity contribution in [2.24, 2.45) is 0 Å². The fourth-order valence-corrected chi connectivity index (χ4v) is 1.78. The summed E-state index contributed by atoms with van der Waals surface area (Å²) in [7, 11) is 0. The highest BCUT2D eigenvalue weighted by molar-refractivity contribution is 14.1. The largest absolute Gasteiger partial charge is 0.331 e. The van der Waals surface area contributed by atoms with Crippen LogP contribution >= 0.6 is 22.6 Å². The van der Waals surface area contributed by atoms with Gasteiger partial charge < -0.3 is 4.57 Å². The van der Waals surface area contributed by atoms with Crippen LogP contribution in [0.1, 0.15) is 35.6 Å². The third-order valence-corrected chi connectivity index (χ3v) is 2.55. The highest BCUT2D eigenvalue weighted by Gasteiger charge is 2.26. The Labute approximate surface area is 80.2 Å². The highest BCUT2D eigenvalue weighted by Crippen LogP contribution is 2.37. The maximum absolute atomic E-state index is 4.33. The van der Waals surface area contributed by atoms with Gasteiger partial charge in [-0.2, -0.15) is 0 Å². The number of imidazole rings is 1. The standard InChI is InChI=1S/C8H11IN2/c1-6(9)8-10-4-5-11(8)7-2-3-7/h4-7H,2-3H2,1H3/t6-/m1/s1. The number of nitrogens with zero attached hydrogens (tertiary/aromatic N) is 2. The minimum Gasteiger partial charge on any atom is -0.331 e. The Morgan fingerprint density at radius 2 is 2.45 bits per heavy atom. The van der Waals surface area contributed by atoms with Gasteiger partial charge in [0.2, 0.25) is 0 Å². The van der Waals surface area contributed by atoms with Crippen LogP contribution in [-0.4, -0.2) is 9.55 Å². The number of rotatable bonds is 2. The molecule has 1 aromatic rings. The van der Waals surface area contributed by atoms with E-state index in [-0.39, 0.29) is 0 Å². The second-order valence-electron chi connectivity index (χ2n) is 3.04. The molecule has 0 amide bonds. The maximum atomic E-state index is 4.33. The van der Waals surface area contributed by atoms with E-state index in [1.54, 1.807) is 0 Å². The van der Waals surface area contributed by atoms with Crippen molar-refractivity contribution in [3.05, 3.63) is 18.2 Å².